The average Bonchev–Trinajstić information content (AvgIpc) is 2.85. The molecule has 2 aromatic rings. The lowest BCUT2D eigenvalue weighted by molar-refractivity contribution is 0.0660. The summed E-state index contributed by atoms with van der Waals surface area (Å²) >= 11 is 0. The fourth-order valence-electron chi connectivity index (χ4n) is 1.43. The number of amides is 1. The van der Waals surface area contributed by atoms with Crippen LogP contribution in [0.3, 0.4) is 0 Å². The van der Waals surface area contributed by atoms with Gasteiger partial charge >= 0.3 is 5.97 Å². The zero-order chi connectivity index (χ0) is 13.8. The van der Waals surface area contributed by atoms with Gasteiger partial charge in [0.15, 0.2) is 0 Å². The van der Waals surface area contributed by atoms with Crippen molar-refractivity contribution in [1.82, 2.24) is 10.3 Å². The standard InChI is InChI=1S/C12H10N2O5/c15-10-3-1-2-8(14-10)11(16)13-6-7-4-5-9(19-7)12(17)18/h1-5H,6H2,(H,13,16)(H,14,15)(H,17,18). The van der Waals surface area contributed by atoms with E-state index in [0.717, 1.165) is 0 Å². The number of carbonyl (C=O) groups is 2. The maximum atomic E-state index is 11.7. The van der Waals surface area contributed by atoms with Crippen LogP contribution >= 0.6 is 0 Å². The normalized spacial score (nSPS) is 10.1. The molecule has 0 atom stereocenters. The van der Waals surface area contributed by atoms with E-state index in [1.54, 1.807) is 0 Å². The van der Waals surface area contributed by atoms with Gasteiger partial charge in [-0.2, -0.15) is 0 Å². The van der Waals surface area contributed by atoms with Crippen LogP contribution in [0.25, 0.3) is 0 Å². The first-order valence-corrected chi connectivity index (χ1v) is 5.36. The van der Waals surface area contributed by atoms with Gasteiger partial charge in [0, 0.05) is 6.07 Å². The Labute approximate surface area is 106 Å². The minimum Gasteiger partial charge on any atom is -0.475 e. The van der Waals surface area contributed by atoms with Crippen molar-refractivity contribution in [3.63, 3.8) is 0 Å². The SMILES string of the molecule is O=C(NCc1ccc(C(=O)O)o1)c1cccc(=O)[nH]1. The van der Waals surface area contributed by atoms with Gasteiger partial charge in [0.2, 0.25) is 11.3 Å². The third-order valence-electron chi connectivity index (χ3n) is 2.31. The van der Waals surface area contributed by atoms with Crippen LogP contribution < -0.4 is 10.9 Å². The minimum absolute atomic E-state index is 0.0308. The van der Waals surface area contributed by atoms with Gasteiger partial charge in [-0.25, -0.2) is 4.79 Å². The molecule has 0 unspecified atom stereocenters. The van der Waals surface area contributed by atoms with Crippen LogP contribution in [0.1, 0.15) is 26.8 Å². The third-order valence-corrected chi connectivity index (χ3v) is 2.31. The third kappa shape index (κ3) is 3.09. The largest absolute Gasteiger partial charge is 0.475 e. The molecule has 98 valence electrons. The number of aromatic amines is 1. The Balaban J connectivity index is 2.00. The lowest BCUT2D eigenvalue weighted by Gasteiger charge is -2.02. The van der Waals surface area contributed by atoms with E-state index in [0.29, 0.717) is 5.76 Å². The molecule has 0 aromatic carbocycles. The lowest BCUT2D eigenvalue weighted by atomic mass is 10.3. The van der Waals surface area contributed by atoms with E-state index in [2.05, 4.69) is 10.3 Å². The van der Waals surface area contributed by atoms with Crippen LogP contribution in [0, 0.1) is 0 Å². The number of hydrogen-bond acceptors (Lipinski definition) is 4. The zero-order valence-corrected chi connectivity index (χ0v) is 9.67. The fourth-order valence-corrected chi connectivity index (χ4v) is 1.43. The summed E-state index contributed by atoms with van der Waals surface area (Å²) in [5.41, 5.74) is -0.253. The lowest BCUT2D eigenvalue weighted by Crippen LogP contribution is -2.25. The molecule has 0 saturated heterocycles. The summed E-state index contributed by atoms with van der Waals surface area (Å²) in [6.07, 6.45) is 0. The van der Waals surface area contributed by atoms with E-state index in [9.17, 15) is 14.4 Å². The van der Waals surface area contributed by atoms with E-state index in [1.807, 2.05) is 0 Å². The van der Waals surface area contributed by atoms with Crippen molar-refractivity contribution in [2.45, 2.75) is 6.54 Å². The van der Waals surface area contributed by atoms with Crippen molar-refractivity contribution in [1.29, 1.82) is 0 Å². The quantitative estimate of drug-likeness (QED) is 0.746. The molecule has 0 aliphatic rings. The van der Waals surface area contributed by atoms with Gasteiger partial charge in [0.25, 0.3) is 5.91 Å². The van der Waals surface area contributed by atoms with Crippen molar-refractivity contribution in [3.05, 3.63) is 57.9 Å². The number of hydrogen-bond donors (Lipinski definition) is 3. The molecule has 3 N–H and O–H groups in total. The van der Waals surface area contributed by atoms with Crippen molar-refractivity contribution < 1.29 is 19.1 Å². The zero-order valence-electron chi connectivity index (χ0n) is 9.67. The number of aromatic carboxylic acids is 1. The Morgan fingerprint density at radius 2 is 2.05 bits per heavy atom. The number of furan rings is 1. The van der Waals surface area contributed by atoms with Gasteiger partial charge in [-0.1, -0.05) is 6.07 Å². The molecule has 0 fully saturated rings. The average molecular weight is 262 g/mol. The molecule has 0 aliphatic heterocycles. The molecule has 2 heterocycles. The topological polar surface area (TPSA) is 112 Å². The van der Waals surface area contributed by atoms with Crippen LogP contribution in [0.2, 0.25) is 0 Å². The molecular weight excluding hydrogens is 252 g/mol. The molecule has 1 amide bonds. The van der Waals surface area contributed by atoms with Crippen LogP contribution in [0.5, 0.6) is 0 Å². The number of aromatic nitrogens is 1. The van der Waals surface area contributed by atoms with Crippen LogP contribution in [-0.4, -0.2) is 22.0 Å². The van der Waals surface area contributed by atoms with E-state index in [-0.39, 0.29) is 23.6 Å². The molecule has 0 spiro atoms. The number of rotatable bonds is 4. The van der Waals surface area contributed by atoms with Gasteiger partial charge in [-0.3, -0.25) is 9.59 Å². The van der Waals surface area contributed by atoms with E-state index >= 15 is 0 Å². The molecule has 19 heavy (non-hydrogen) atoms. The van der Waals surface area contributed by atoms with Gasteiger partial charge in [-0.15, -0.1) is 0 Å². The maximum absolute atomic E-state index is 11.7. The molecule has 0 aliphatic carbocycles. The van der Waals surface area contributed by atoms with Gasteiger partial charge in [0.05, 0.1) is 6.54 Å². The van der Waals surface area contributed by atoms with Crippen LogP contribution in [-0.2, 0) is 6.54 Å². The predicted octanol–water partition coefficient (Wildman–Crippen LogP) is 0.596. The van der Waals surface area contributed by atoms with Crippen LogP contribution in [0.15, 0.2) is 39.5 Å². The first kappa shape index (κ1) is 12.6. The second-order valence-electron chi connectivity index (χ2n) is 3.68. The van der Waals surface area contributed by atoms with Crippen molar-refractivity contribution in [2.24, 2.45) is 0 Å². The summed E-state index contributed by atoms with van der Waals surface area (Å²) < 4.78 is 4.97. The van der Waals surface area contributed by atoms with Gasteiger partial charge < -0.3 is 19.8 Å². The fraction of sp³-hybridized carbons (Fsp3) is 0.0833. The van der Waals surface area contributed by atoms with E-state index in [4.69, 9.17) is 9.52 Å². The molecule has 0 radical (unpaired) electrons. The molecule has 2 rings (SSSR count). The Hall–Kier alpha value is -2.83. The number of nitrogens with one attached hydrogen (secondary N) is 2. The summed E-state index contributed by atoms with van der Waals surface area (Å²) in [4.78, 5) is 35.7. The van der Waals surface area contributed by atoms with Gasteiger partial charge in [0.1, 0.15) is 11.5 Å². The first-order valence-electron chi connectivity index (χ1n) is 5.36. The molecule has 7 nitrogen and oxygen atoms in total. The van der Waals surface area contributed by atoms with E-state index < -0.39 is 11.9 Å². The summed E-state index contributed by atoms with van der Waals surface area (Å²) in [5.74, 6) is -1.54. The smallest absolute Gasteiger partial charge is 0.371 e. The Morgan fingerprint density at radius 3 is 2.68 bits per heavy atom. The molecular formula is C12H10N2O5. The molecule has 0 bridgehead atoms. The summed E-state index contributed by atoms with van der Waals surface area (Å²) in [5, 5.41) is 11.2. The second kappa shape index (κ2) is 5.21. The van der Waals surface area contributed by atoms with E-state index in [1.165, 1.54) is 30.3 Å². The number of carbonyl (C=O) groups excluding carboxylic acids is 1. The Bertz CT molecular complexity index is 671. The predicted molar refractivity (Wildman–Crippen MR) is 63.9 cm³/mol. The highest BCUT2D eigenvalue weighted by molar-refractivity contribution is 5.92. The second-order valence-corrected chi connectivity index (χ2v) is 3.68. The number of pyridine rings is 1. The highest BCUT2D eigenvalue weighted by Gasteiger charge is 2.10. The van der Waals surface area contributed by atoms with Crippen molar-refractivity contribution in [3.8, 4) is 0 Å². The van der Waals surface area contributed by atoms with Crippen molar-refractivity contribution >= 4 is 11.9 Å². The van der Waals surface area contributed by atoms with Gasteiger partial charge in [-0.05, 0) is 18.2 Å². The highest BCUT2D eigenvalue weighted by atomic mass is 16.4. The highest BCUT2D eigenvalue weighted by Crippen LogP contribution is 2.07. The Kier molecular flexibility index (Phi) is 3.46. The Morgan fingerprint density at radius 1 is 1.26 bits per heavy atom. The minimum atomic E-state index is -1.18. The molecule has 2 aromatic heterocycles. The number of H-pyrrole nitrogens is 1. The van der Waals surface area contributed by atoms with Crippen LogP contribution in [0.4, 0.5) is 0 Å². The van der Waals surface area contributed by atoms with Crippen molar-refractivity contribution in [2.75, 3.05) is 0 Å². The summed E-state index contributed by atoms with van der Waals surface area (Å²) in [6, 6.07) is 6.97. The summed E-state index contributed by atoms with van der Waals surface area (Å²) in [6.45, 7) is 0.0308. The molecule has 7 heteroatoms. The number of carboxylic acid groups (broad SMARTS) is 1. The number of carboxylic acids is 1. The molecule has 0 saturated carbocycles. The maximum Gasteiger partial charge on any atom is 0.371 e. The monoisotopic (exact) mass is 262 g/mol. The summed E-state index contributed by atoms with van der Waals surface area (Å²) in [7, 11) is 0. The first-order chi connectivity index (χ1) is 9.06.